The molecule has 0 aliphatic rings. The molecule has 2 atom stereocenters. The second-order valence-electron chi connectivity index (χ2n) is 5.27. The highest BCUT2D eigenvalue weighted by Gasteiger charge is 2.23. The molecule has 0 bridgehead atoms. The van der Waals surface area contributed by atoms with Crippen LogP contribution in [-0.2, 0) is 0 Å². The average Bonchev–Trinajstić information content (AvgIpc) is 3.10. The number of aliphatic hydroxyl groups is 1. The van der Waals surface area contributed by atoms with Gasteiger partial charge in [0.25, 0.3) is 0 Å². The number of likely N-dealkylation sites (N-methyl/N-ethyl adjacent to an activating group) is 1. The van der Waals surface area contributed by atoms with E-state index < -0.39 is 6.04 Å². The van der Waals surface area contributed by atoms with E-state index in [1.807, 2.05) is 19.1 Å². The summed E-state index contributed by atoms with van der Waals surface area (Å²) in [4.78, 5) is 13.9. The number of benzene rings is 1. The normalized spacial score (nSPS) is 13.2. The lowest BCUT2D eigenvalue weighted by atomic mass is 10.1. The van der Waals surface area contributed by atoms with Crippen molar-refractivity contribution in [3.05, 3.63) is 54.0 Å². The van der Waals surface area contributed by atoms with Crippen molar-refractivity contribution in [2.24, 2.45) is 0 Å². The van der Waals surface area contributed by atoms with Gasteiger partial charge in [0.2, 0.25) is 0 Å². The maximum Gasteiger partial charge on any atom is 0.318 e. The van der Waals surface area contributed by atoms with E-state index in [9.17, 15) is 9.90 Å². The zero-order valence-electron chi connectivity index (χ0n) is 13.5. The van der Waals surface area contributed by atoms with Crippen LogP contribution in [0.4, 0.5) is 4.79 Å². The summed E-state index contributed by atoms with van der Waals surface area (Å²) in [5.41, 5.74) is 0.830. The molecule has 2 aromatic rings. The highest BCUT2D eigenvalue weighted by atomic mass is 16.5. The molecule has 2 amide bonds. The fourth-order valence-electron chi connectivity index (χ4n) is 2.31. The number of nitrogens with one attached hydrogen (secondary N) is 1. The smallest absolute Gasteiger partial charge is 0.318 e. The molecule has 2 N–H and O–H groups in total. The number of rotatable bonds is 6. The summed E-state index contributed by atoms with van der Waals surface area (Å²) < 4.78 is 10.4. The zero-order chi connectivity index (χ0) is 16.8. The minimum absolute atomic E-state index is 0.175. The largest absolute Gasteiger partial charge is 0.497 e. The molecule has 0 aliphatic heterocycles. The van der Waals surface area contributed by atoms with Crippen molar-refractivity contribution >= 4 is 6.03 Å². The van der Waals surface area contributed by atoms with E-state index >= 15 is 0 Å². The number of furan rings is 1. The third-order valence-corrected chi connectivity index (χ3v) is 3.77. The molecule has 0 saturated heterocycles. The summed E-state index contributed by atoms with van der Waals surface area (Å²) in [6.07, 6.45) is 1.57. The molecule has 1 heterocycles. The van der Waals surface area contributed by atoms with Gasteiger partial charge in [-0.25, -0.2) is 4.79 Å². The Kier molecular flexibility index (Phi) is 5.65. The topological polar surface area (TPSA) is 74.9 Å². The van der Waals surface area contributed by atoms with Gasteiger partial charge in [-0.3, -0.25) is 0 Å². The van der Waals surface area contributed by atoms with E-state index in [1.54, 1.807) is 44.7 Å². The summed E-state index contributed by atoms with van der Waals surface area (Å²) in [7, 11) is 3.24. The Morgan fingerprint density at radius 2 is 2.04 bits per heavy atom. The van der Waals surface area contributed by atoms with E-state index in [2.05, 4.69) is 5.32 Å². The number of aliphatic hydroxyl groups excluding tert-OH is 1. The third-order valence-electron chi connectivity index (χ3n) is 3.77. The first-order chi connectivity index (χ1) is 11.1. The SMILES string of the molecule is COc1ccc(C(CO)N(C)C(=O)NC(C)c2ccco2)cc1. The second-order valence-corrected chi connectivity index (χ2v) is 5.27. The van der Waals surface area contributed by atoms with Crippen molar-refractivity contribution in [3.8, 4) is 5.75 Å². The molecule has 6 nitrogen and oxygen atoms in total. The number of urea groups is 1. The van der Waals surface area contributed by atoms with Crippen molar-refractivity contribution in [2.75, 3.05) is 20.8 Å². The van der Waals surface area contributed by atoms with Gasteiger partial charge < -0.3 is 24.5 Å². The Bertz CT molecular complexity index is 610. The van der Waals surface area contributed by atoms with Crippen LogP contribution in [0.15, 0.2) is 47.1 Å². The van der Waals surface area contributed by atoms with Crippen LogP contribution in [0.1, 0.15) is 30.3 Å². The third kappa shape index (κ3) is 4.04. The second kappa shape index (κ2) is 7.69. The first-order valence-electron chi connectivity index (χ1n) is 7.38. The van der Waals surface area contributed by atoms with Crippen LogP contribution < -0.4 is 10.1 Å². The van der Waals surface area contributed by atoms with Gasteiger partial charge in [0.15, 0.2) is 0 Å². The lowest BCUT2D eigenvalue weighted by molar-refractivity contribution is 0.147. The van der Waals surface area contributed by atoms with E-state index in [1.165, 1.54) is 4.90 Å². The molecule has 0 radical (unpaired) electrons. The fraction of sp³-hybridized carbons (Fsp3) is 0.353. The Hall–Kier alpha value is -2.47. The Labute approximate surface area is 135 Å². The van der Waals surface area contributed by atoms with Gasteiger partial charge in [0.1, 0.15) is 11.5 Å². The molecule has 0 saturated carbocycles. The van der Waals surface area contributed by atoms with Crippen LogP contribution in [0, 0.1) is 0 Å². The van der Waals surface area contributed by atoms with Gasteiger partial charge >= 0.3 is 6.03 Å². The molecule has 2 rings (SSSR count). The molecule has 0 aliphatic carbocycles. The molecule has 1 aromatic heterocycles. The van der Waals surface area contributed by atoms with Crippen LogP contribution in [0.3, 0.4) is 0 Å². The number of nitrogens with zero attached hydrogens (tertiary/aromatic N) is 1. The van der Waals surface area contributed by atoms with Gasteiger partial charge in [0.05, 0.1) is 32.1 Å². The van der Waals surface area contributed by atoms with Crippen molar-refractivity contribution in [1.82, 2.24) is 10.2 Å². The minimum Gasteiger partial charge on any atom is -0.497 e. The molecule has 6 heteroatoms. The number of hydrogen-bond acceptors (Lipinski definition) is 4. The number of hydrogen-bond donors (Lipinski definition) is 2. The van der Waals surface area contributed by atoms with Crippen molar-refractivity contribution < 1.29 is 19.1 Å². The average molecular weight is 318 g/mol. The molecular formula is C17H22N2O4. The number of carbonyl (C=O) groups excluding carboxylic acids is 1. The molecule has 1 aromatic carbocycles. The molecule has 23 heavy (non-hydrogen) atoms. The van der Waals surface area contributed by atoms with Crippen LogP contribution >= 0.6 is 0 Å². The summed E-state index contributed by atoms with van der Waals surface area (Å²) in [6, 6.07) is 9.86. The molecular weight excluding hydrogens is 296 g/mol. The first kappa shape index (κ1) is 16.9. The summed E-state index contributed by atoms with van der Waals surface area (Å²) in [6.45, 7) is 1.66. The minimum atomic E-state index is -0.440. The fourth-order valence-corrected chi connectivity index (χ4v) is 2.31. The molecule has 2 unspecified atom stereocenters. The zero-order valence-corrected chi connectivity index (χ0v) is 13.5. The first-order valence-corrected chi connectivity index (χ1v) is 7.38. The van der Waals surface area contributed by atoms with Crippen LogP contribution in [-0.4, -0.2) is 36.8 Å². The van der Waals surface area contributed by atoms with Crippen LogP contribution in [0.5, 0.6) is 5.75 Å². The van der Waals surface area contributed by atoms with Gasteiger partial charge in [0, 0.05) is 7.05 Å². The van der Waals surface area contributed by atoms with E-state index in [0.717, 1.165) is 11.3 Å². The number of carbonyl (C=O) groups is 1. The Morgan fingerprint density at radius 3 is 2.57 bits per heavy atom. The predicted octanol–water partition coefficient (Wildman–Crippen LogP) is 2.72. The summed E-state index contributed by atoms with van der Waals surface area (Å²) in [5, 5.41) is 12.5. The summed E-state index contributed by atoms with van der Waals surface area (Å²) >= 11 is 0. The monoisotopic (exact) mass is 318 g/mol. The van der Waals surface area contributed by atoms with Gasteiger partial charge in [-0.15, -0.1) is 0 Å². The van der Waals surface area contributed by atoms with Gasteiger partial charge in [-0.2, -0.15) is 0 Å². The maximum absolute atomic E-state index is 12.4. The quantitative estimate of drug-likeness (QED) is 0.859. The molecule has 0 fully saturated rings. The predicted molar refractivity (Wildman–Crippen MR) is 86.2 cm³/mol. The van der Waals surface area contributed by atoms with Crippen molar-refractivity contribution in [2.45, 2.75) is 19.0 Å². The number of amides is 2. The van der Waals surface area contributed by atoms with Gasteiger partial charge in [-0.05, 0) is 36.8 Å². The lowest BCUT2D eigenvalue weighted by Crippen LogP contribution is -2.41. The lowest BCUT2D eigenvalue weighted by Gasteiger charge is -2.28. The standard InChI is InChI=1S/C17H22N2O4/c1-12(16-5-4-10-23-16)18-17(21)19(2)15(11-20)13-6-8-14(22-3)9-7-13/h4-10,12,15,20H,11H2,1-3H3,(H,18,21). The van der Waals surface area contributed by atoms with Crippen molar-refractivity contribution in [3.63, 3.8) is 0 Å². The highest BCUT2D eigenvalue weighted by Crippen LogP contribution is 2.22. The van der Waals surface area contributed by atoms with Gasteiger partial charge in [-0.1, -0.05) is 12.1 Å². The maximum atomic E-state index is 12.4. The highest BCUT2D eigenvalue weighted by molar-refractivity contribution is 5.75. The Morgan fingerprint density at radius 1 is 1.35 bits per heavy atom. The van der Waals surface area contributed by atoms with Crippen LogP contribution in [0.2, 0.25) is 0 Å². The number of methoxy groups -OCH3 is 1. The van der Waals surface area contributed by atoms with E-state index in [4.69, 9.17) is 9.15 Å². The van der Waals surface area contributed by atoms with Crippen molar-refractivity contribution in [1.29, 1.82) is 0 Å². The summed E-state index contributed by atoms with van der Waals surface area (Å²) in [5.74, 6) is 1.40. The van der Waals surface area contributed by atoms with E-state index in [-0.39, 0.29) is 18.7 Å². The number of ether oxygens (including phenoxy) is 1. The van der Waals surface area contributed by atoms with Crippen LogP contribution in [0.25, 0.3) is 0 Å². The Balaban J connectivity index is 2.05. The molecule has 124 valence electrons. The van der Waals surface area contributed by atoms with E-state index in [0.29, 0.717) is 5.76 Å². The molecule has 0 spiro atoms.